The van der Waals surface area contributed by atoms with E-state index in [1.165, 1.54) is 20.0 Å². The molecule has 0 radical (unpaired) electrons. The van der Waals surface area contributed by atoms with Crippen LogP contribution in [-0.4, -0.2) is 34.6 Å². The molecule has 82 valence electrons. The fraction of sp³-hybridized carbons (Fsp3) is 0.667. The van der Waals surface area contributed by atoms with Gasteiger partial charge in [0.1, 0.15) is 0 Å². The number of rotatable bonds is 4. The Kier molecular flexibility index (Phi) is 2.57. The lowest BCUT2D eigenvalue weighted by molar-refractivity contribution is 0.379. The predicted octanol–water partition coefficient (Wildman–Crippen LogP) is 0.451. The SMILES string of the molecule is CCN(c1nc(N)nc(OC)n1)C1CC1. The number of hydrogen-bond donors (Lipinski definition) is 1. The lowest BCUT2D eigenvalue weighted by Crippen LogP contribution is -2.27. The summed E-state index contributed by atoms with van der Waals surface area (Å²) in [5.41, 5.74) is 5.58. The largest absolute Gasteiger partial charge is 0.467 e. The van der Waals surface area contributed by atoms with Gasteiger partial charge < -0.3 is 15.4 Å². The van der Waals surface area contributed by atoms with Crippen molar-refractivity contribution in [3.05, 3.63) is 0 Å². The first-order chi connectivity index (χ1) is 7.24. The Morgan fingerprint density at radius 3 is 2.67 bits per heavy atom. The Morgan fingerprint density at radius 2 is 2.13 bits per heavy atom. The van der Waals surface area contributed by atoms with Gasteiger partial charge in [0.05, 0.1) is 7.11 Å². The molecule has 15 heavy (non-hydrogen) atoms. The van der Waals surface area contributed by atoms with Crippen molar-refractivity contribution in [2.75, 3.05) is 24.3 Å². The van der Waals surface area contributed by atoms with E-state index in [1.54, 1.807) is 0 Å². The molecule has 0 atom stereocenters. The quantitative estimate of drug-likeness (QED) is 0.775. The number of aromatic nitrogens is 3. The van der Waals surface area contributed by atoms with Gasteiger partial charge in [-0.15, -0.1) is 0 Å². The first-order valence-corrected chi connectivity index (χ1v) is 5.06. The van der Waals surface area contributed by atoms with Gasteiger partial charge in [0.15, 0.2) is 0 Å². The summed E-state index contributed by atoms with van der Waals surface area (Å²) in [6, 6.07) is 0.832. The van der Waals surface area contributed by atoms with Crippen molar-refractivity contribution in [3.8, 4) is 6.01 Å². The van der Waals surface area contributed by atoms with Crippen molar-refractivity contribution in [2.45, 2.75) is 25.8 Å². The van der Waals surface area contributed by atoms with Gasteiger partial charge in [-0.2, -0.15) is 15.0 Å². The third kappa shape index (κ3) is 2.08. The Labute approximate surface area is 88.5 Å². The van der Waals surface area contributed by atoms with Crippen LogP contribution in [0.1, 0.15) is 19.8 Å². The first-order valence-electron chi connectivity index (χ1n) is 5.06. The molecule has 0 unspecified atom stereocenters. The minimum atomic E-state index is 0.205. The molecule has 1 aliphatic carbocycles. The number of anilines is 2. The number of nitrogens with two attached hydrogens (primary N) is 1. The molecular formula is C9H15N5O. The zero-order chi connectivity index (χ0) is 10.8. The molecule has 0 aromatic carbocycles. The molecule has 0 saturated heterocycles. The molecule has 2 rings (SSSR count). The van der Waals surface area contributed by atoms with Crippen LogP contribution in [0.3, 0.4) is 0 Å². The number of nitrogens with zero attached hydrogens (tertiary/aromatic N) is 4. The van der Waals surface area contributed by atoms with E-state index in [0.717, 1.165) is 6.54 Å². The Morgan fingerprint density at radius 1 is 1.40 bits per heavy atom. The van der Waals surface area contributed by atoms with Crippen LogP contribution >= 0.6 is 0 Å². The summed E-state index contributed by atoms with van der Waals surface area (Å²) in [5.74, 6) is 0.820. The minimum Gasteiger partial charge on any atom is -0.467 e. The van der Waals surface area contributed by atoms with Gasteiger partial charge in [0.2, 0.25) is 11.9 Å². The van der Waals surface area contributed by atoms with E-state index >= 15 is 0 Å². The molecule has 1 saturated carbocycles. The Balaban J connectivity index is 2.28. The Bertz CT molecular complexity index is 352. The van der Waals surface area contributed by atoms with E-state index in [1.807, 2.05) is 0 Å². The molecule has 0 aliphatic heterocycles. The number of hydrogen-bond acceptors (Lipinski definition) is 6. The topological polar surface area (TPSA) is 77.2 Å². The third-order valence-electron chi connectivity index (χ3n) is 2.39. The highest BCUT2D eigenvalue weighted by Crippen LogP contribution is 2.29. The summed E-state index contributed by atoms with van der Waals surface area (Å²) in [6.07, 6.45) is 2.39. The van der Waals surface area contributed by atoms with Crippen molar-refractivity contribution in [2.24, 2.45) is 0 Å². The van der Waals surface area contributed by atoms with Crippen LogP contribution in [0.15, 0.2) is 0 Å². The zero-order valence-electron chi connectivity index (χ0n) is 8.97. The van der Waals surface area contributed by atoms with Gasteiger partial charge in [0, 0.05) is 12.6 Å². The number of nitrogen functional groups attached to an aromatic ring is 1. The highest BCUT2D eigenvalue weighted by atomic mass is 16.5. The highest BCUT2D eigenvalue weighted by Gasteiger charge is 2.30. The van der Waals surface area contributed by atoms with Crippen molar-refractivity contribution < 1.29 is 4.74 Å². The number of methoxy groups -OCH3 is 1. The molecule has 0 amide bonds. The fourth-order valence-electron chi connectivity index (χ4n) is 1.53. The van der Waals surface area contributed by atoms with Gasteiger partial charge in [0.25, 0.3) is 0 Å². The summed E-state index contributed by atoms with van der Waals surface area (Å²) in [6.45, 7) is 2.95. The maximum absolute atomic E-state index is 5.58. The zero-order valence-corrected chi connectivity index (χ0v) is 8.97. The van der Waals surface area contributed by atoms with E-state index < -0.39 is 0 Å². The van der Waals surface area contributed by atoms with Crippen molar-refractivity contribution in [3.63, 3.8) is 0 Å². The van der Waals surface area contributed by atoms with Crippen molar-refractivity contribution in [1.29, 1.82) is 0 Å². The molecule has 1 fully saturated rings. The van der Waals surface area contributed by atoms with Gasteiger partial charge in [-0.25, -0.2) is 0 Å². The lowest BCUT2D eigenvalue weighted by atomic mass is 10.5. The van der Waals surface area contributed by atoms with Crippen molar-refractivity contribution in [1.82, 2.24) is 15.0 Å². The van der Waals surface area contributed by atoms with Crippen LogP contribution in [0.4, 0.5) is 11.9 Å². The summed E-state index contributed by atoms with van der Waals surface area (Å²) in [5, 5.41) is 0. The molecule has 1 aromatic rings. The molecule has 2 N–H and O–H groups in total. The summed E-state index contributed by atoms with van der Waals surface area (Å²) in [4.78, 5) is 14.3. The van der Waals surface area contributed by atoms with Crippen LogP contribution in [0.25, 0.3) is 0 Å². The van der Waals surface area contributed by atoms with Crippen LogP contribution in [0, 0.1) is 0 Å². The molecule has 1 aliphatic rings. The second-order valence-electron chi connectivity index (χ2n) is 3.50. The van der Waals surface area contributed by atoms with Gasteiger partial charge in [-0.1, -0.05) is 0 Å². The summed E-state index contributed by atoms with van der Waals surface area (Å²) in [7, 11) is 1.52. The lowest BCUT2D eigenvalue weighted by Gasteiger charge is -2.20. The molecule has 6 heteroatoms. The van der Waals surface area contributed by atoms with Crippen LogP contribution in [-0.2, 0) is 0 Å². The third-order valence-corrected chi connectivity index (χ3v) is 2.39. The minimum absolute atomic E-state index is 0.205. The summed E-state index contributed by atoms with van der Waals surface area (Å²) >= 11 is 0. The van der Waals surface area contributed by atoms with E-state index in [9.17, 15) is 0 Å². The second-order valence-corrected chi connectivity index (χ2v) is 3.50. The standard InChI is InChI=1S/C9H15N5O/c1-3-14(6-4-5-6)8-11-7(10)12-9(13-8)15-2/h6H,3-5H2,1-2H3,(H2,10,11,12,13). The smallest absolute Gasteiger partial charge is 0.322 e. The van der Waals surface area contributed by atoms with E-state index in [4.69, 9.17) is 10.5 Å². The molecule has 0 spiro atoms. The van der Waals surface area contributed by atoms with Gasteiger partial charge in [-0.05, 0) is 19.8 Å². The monoisotopic (exact) mass is 209 g/mol. The second kappa shape index (κ2) is 3.88. The average molecular weight is 209 g/mol. The van der Waals surface area contributed by atoms with Crippen LogP contribution < -0.4 is 15.4 Å². The molecule has 1 heterocycles. The normalized spacial score (nSPS) is 15.1. The highest BCUT2D eigenvalue weighted by molar-refractivity contribution is 5.38. The van der Waals surface area contributed by atoms with E-state index in [0.29, 0.717) is 12.0 Å². The van der Waals surface area contributed by atoms with Gasteiger partial charge in [-0.3, -0.25) is 0 Å². The maximum atomic E-state index is 5.58. The van der Waals surface area contributed by atoms with E-state index in [2.05, 4.69) is 26.8 Å². The number of ether oxygens (including phenoxy) is 1. The van der Waals surface area contributed by atoms with Crippen LogP contribution in [0.5, 0.6) is 6.01 Å². The molecule has 0 bridgehead atoms. The first kappa shape index (κ1) is 9.95. The molecule has 1 aromatic heterocycles. The fourth-order valence-corrected chi connectivity index (χ4v) is 1.53. The Hall–Kier alpha value is -1.59. The molecular weight excluding hydrogens is 194 g/mol. The predicted molar refractivity (Wildman–Crippen MR) is 56.8 cm³/mol. The van der Waals surface area contributed by atoms with Gasteiger partial charge >= 0.3 is 6.01 Å². The maximum Gasteiger partial charge on any atom is 0.322 e. The van der Waals surface area contributed by atoms with E-state index in [-0.39, 0.29) is 12.0 Å². The molecule has 6 nitrogen and oxygen atoms in total. The average Bonchev–Trinajstić information content (AvgIpc) is 3.02. The summed E-state index contributed by atoms with van der Waals surface area (Å²) < 4.78 is 4.96. The van der Waals surface area contributed by atoms with Crippen LogP contribution in [0.2, 0.25) is 0 Å². The van der Waals surface area contributed by atoms with Crippen molar-refractivity contribution >= 4 is 11.9 Å².